The van der Waals surface area contributed by atoms with Crippen molar-refractivity contribution in [1.82, 2.24) is 5.32 Å². The number of hydrogen-bond donors (Lipinski definition) is 2. The Balaban J connectivity index is 2.88. The summed E-state index contributed by atoms with van der Waals surface area (Å²) in [7, 11) is 0. The van der Waals surface area contributed by atoms with E-state index in [9.17, 15) is 9.59 Å². The molecule has 1 rings (SSSR count). The molecule has 5 heteroatoms. The first-order chi connectivity index (χ1) is 8.82. The predicted octanol–water partition coefficient (Wildman–Crippen LogP) is 2.88. The Morgan fingerprint density at radius 3 is 2.53 bits per heavy atom. The van der Waals surface area contributed by atoms with Crippen LogP contribution in [0.25, 0.3) is 0 Å². The zero-order valence-electron chi connectivity index (χ0n) is 11.2. The Kier molecular flexibility index (Phi) is 5.36. The fraction of sp³-hybridized carbons (Fsp3) is 0.429. The molecule has 104 valence electrons. The van der Waals surface area contributed by atoms with Crippen LogP contribution < -0.4 is 5.32 Å². The monoisotopic (exact) mass is 283 g/mol. The summed E-state index contributed by atoms with van der Waals surface area (Å²) in [5.74, 6) is -1.25. The van der Waals surface area contributed by atoms with Crippen LogP contribution >= 0.6 is 11.6 Å². The Bertz CT molecular complexity index is 486. The Morgan fingerprint density at radius 2 is 2.00 bits per heavy atom. The third kappa shape index (κ3) is 4.24. The topological polar surface area (TPSA) is 66.4 Å². The lowest BCUT2D eigenvalue weighted by Crippen LogP contribution is -2.41. The number of hydrogen-bond acceptors (Lipinski definition) is 2. The second-order valence-electron chi connectivity index (χ2n) is 4.91. The maximum Gasteiger partial charge on any atom is 0.326 e. The van der Waals surface area contributed by atoms with Crippen molar-refractivity contribution < 1.29 is 14.7 Å². The van der Waals surface area contributed by atoms with Gasteiger partial charge in [0, 0.05) is 10.6 Å². The molecule has 0 spiro atoms. The number of carbonyl (C=O) groups is 2. The number of aliphatic carboxylic acids is 1. The Hall–Kier alpha value is -1.55. The molecule has 0 aliphatic heterocycles. The molecule has 0 unspecified atom stereocenters. The fourth-order valence-corrected chi connectivity index (χ4v) is 1.96. The Labute approximate surface area is 117 Å². The maximum atomic E-state index is 12.1. The first-order valence-corrected chi connectivity index (χ1v) is 6.49. The molecule has 4 nitrogen and oxygen atoms in total. The number of amides is 1. The number of halogens is 1. The second-order valence-corrected chi connectivity index (χ2v) is 5.31. The summed E-state index contributed by atoms with van der Waals surface area (Å²) in [5.41, 5.74) is 1.05. The largest absolute Gasteiger partial charge is 0.480 e. The van der Waals surface area contributed by atoms with E-state index in [4.69, 9.17) is 16.7 Å². The minimum atomic E-state index is -1.03. The number of benzene rings is 1. The zero-order valence-corrected chi connectivity index (χ0v) is 12.0. The molecule has 19 heavy (non-hydrogen) atoms. The molecule has 0 aliphatic rings. The van der Waals surface area contributed by atoms with Crippen LogP contribution in [0.15, 0.2) is 18.2 Å². The highest BCUT2D eigenvalue weighted by molar-refractivity contribution is 6.31. The standard InChI is InChI=1S/C14H18ClNO3/c1-8(2)7-12(14(18)19)16-13(17)10-5-4-6-11(15)9(10)3/h4-6,8,12H,7H2,1-3H3,(H,16,17)(H,18,19)/t12-/m1/s1. The van der Waals surface area contributed by atoms with Gasteiger partial charge in [-0.05, 0) is 37.0 Å². The van der Waals surface area contributed by atoms with Gasteiger partial charge in [0.2, 0.25) is 0 Å². The van der Waals surface area contributed by atoms with E-state index < -0.39 is 17.9 Å². The van der Waals surface area contributed by atoms with Gasteiger partial charge in [0.05, 0.1) is 0 Å². The van der Waals surface area contributed by atoms with Gasteiger partial charge in [0.15, 0.2) is 0 Å². The van der Waals surface area contributed by atoms with Crippen LogP contribution in [0.5, 0.6) is 0 Å². The fourth-order valence-electron chi connectivity index (χ4n) is 1.78. The van der Waals surface area contributed by atoms with Crippen molar-refractivity contribution in [3.05, 3.63) is 34.3 Å². The number of carbonyl (C=O) groups excluding carboxylic acids is 1. The van der Waals surface area contributed by atoms with Gasteiger partial charge in [-0.25, -0.2) is 4.79 Å². The van der Waals surface area contributed by atoms with Crippen molar-refractivity contribution in [2.45, 2.75) is 33.2 Å². The first-order valence-electron chi connectivity index (χ1n) is 6.11. The molecular formula is C14H18ClNO3. The summed E-state index contributed by atoms with van der Waals surface area (Å²) < 4.78 is 0. The van der Waals surface area contributed by atoms with E-state index >= 15 is 0 Å². The van der Waals surface area contributed by atoms with E-state index in [2.05, 4.69) is 5.32 Å². The molecule has 1 aromatic rings. The van der Waals surface area contributed by atoms with Gasteiger partial charge in [-0.3, -0.25) is 4.79 Å². The number of nitrogens with one attached hydrogen (secondary N) is 1. The van der Waals surface area contributed by atoms with Gasteiger partial charge in [0.25, 0.3) is 5.91 Å². The molecule has 1 atom stereocenters. The van der Waals surface area contributed by atoms with Crippen LogP contribution in [0.4, 0.5) is 0 Å². The molecular weight excluding hydrogens is 266 g/mol. The van der Waals surface area contributed by atoms with Crippen LogP contribution in [0.3, 0.4) is 0 Å². The number of carboxylic acids is 1. The minimum Gasteiger partial charge on any atom is -0.480 e. The quantitative estimate of drug-likeness (QED) is 0.873. The van der Waals surface area contributed by atoms with Crippen molar-refractivity contribution in [2.75, 3.05) is 0 Å². The molecule has 0 heterocycles. The van der Waals surface area contributed by atoms with Crippen LogP contribution in [-0.4, -0.2) is 23.0 Å². The molecule has 0 fully saturated rings. The van der Waals surface area contributed by atoms with Gasteiger partial charge < -0.3 is 10.4 Å². The van der Waals surface area contributed by atoms with Gasteiger partial charge in [0.1, 0.15) is 6.04 Å². The molecule has 0 saturated carbocycles. The molecule has 0 bridgehead atoms. The van der Waals surface area contributed by atoms with Crippen LogP contribution in [0, 0.1) is 12.8 Å². The lowest BCUT2D eigenvalue weighted by Gasteiger charge is -2.17. The minimum absolute atomic E-state index is 0.182. The van der Waals surface area contributed by atoms with E-state index in [-0.39, 0.29) is 5.92 Å². The SMILES string of the molecule is Cc1c(Cl)cccc1C(=O)N[C@H](CC(C)C)C(=O)O. The number of rotatable bonds is 5. The van der Waals surface area contributed by atoms with Gasteiger partial charge in [-0.15, -0.1) is 0 Å². The van der Waals surface area contributed by atoms with Crippen LogP contribution in [0.1, 0.15) is 36.2 Å². The van der Waals surface area contributed by atoms with Gasteiger partial charge >= 0.3 is 5.97 Å². The van der Waals surface area contributed by atoms with Crippen LogP contribution in [0.2, 0.25) is 5.02 Å². The van der Waals surface area contributed by atoms with Gasteiger partial charge in [-0.1, -0.05) is 31.5 Å². The number of carboxylic acid groups (broad SMARTS) is 1. The summed E-state index contributed by atoms with van der Waals surface area (Å²) in [5, 5.41) is 12.1. The van der Waals surface area contributed by atoms with Gasteiger partial charge in [-0.2, -0.15) is 0 Å². The lowest BCUT2D eigenvalue weighted by atomic mass is 10.0. The molecule has 0 aromatic heterocycles. The van der Waals surface area contributed by atoms with Crippen LogP contribution in [-0.2, 0) is 4.79 Å². The average Bonchev–Trinajstić information content (AvgIpc) is 2.31. The van der Waals surface area contributed by atoms with E-state index in [1.807, 2.05) is 13.8 Å². The van der Waals surface area contributed by atoms with Crippen molar-refractivity contribution in [3.63, 3.8) is 0 Å². The highest BCUT2D eigenvalue weighted by Gasteiger charge is 2.22. The second kappa shape index (κ2) is 6.57. The molecule has 0 radical (unpaired) electrons. The van der Waals surface area contributed by atoms with Crippen molar-refractivity contribution in [3.8, 4) is 0 Å². The molecule has 0 aliphatic carbocycles. The average molecular weight is 284 g/mol. The predicted molar refractivity (Wildman–Crippen MR) is 74.5 cm³/mol. The van der Waals surface area contributed by atoms with E-state index in [0.29, 0.717) is 22.6 Å². The van der Waals surface area contributed by atoms with Crippen molar-refractivity contribution in [2.24, 2.45) is 5.92 Å². The third-order valence-corrected chi connectivity index (χ3v) is 3.23. The highest BCUT2D eigenvalue weighted by atomic mass is 35.5. The summed E-state index contributed by atoms with van der Waals surface area (Å²) in [6.07, 6.45) is 0.390. The molecule has 2 N–H and O–H groups in total. The first kappa shape index (κ1) is 15.5. The Morgan fingerprint density at radius 1 is 1.37 bits per heavy atom. The van der Waals surface area contributed by atoms with Crippen molar-refractivity contribution in [1.29, 1.82) is 0 Å². The summed E-state index contributed by atoms with van der Waals surface area (Å²) in [4.78, 5) is 23.2. The summed E-state index contributed by atoms with van der Waals surface area (Å²) in [6, 6.07) is 4.11. The van der Waals surface area contributed by atoms with E-state index in [1.54, 1.807) is 25.1 Å². The summed E-state index contributed by atoms with van der Waals surface area (Å²) >= 11 is 5.95. The molecule has 0 saturated heterocycles. The van der Waals surface area contributed by atoms with E-state index in [0.717, 1.165) is 0 Å². The molecule has 1 amide bonds. The summed E-state index contributed by atoms with van der Waals surface area (Å²) in [6.45, 7) is 5.55. The third-order valence-electron chi connectivity index (χ3n) is 2.82. The lowest BCUT2D eigenvalue weighted by molar-refractivity contribution is -0.139. The highest BCUT2D eigenvalue weighted by Crippen LogP contribution is 2.19. The maximum absolute atomic E-state index is 12.1. The zero-order chi connectivity index (χ0) is 14.6. The smallest absolute Gasteiger partial charge is 0.326 e. The van der Waals surface area contributed by atoms with E-state index in [1.165, 1.54) is 0 Å². The van der Waals surface area contributed by atoms with Crippen molar-refractivity contribution >= 4 is 23.5 Å². The normalized spacial score (nSPS) is 12.3. The molecule has 1 aromatic carbocycles.